The number of rotatable bonds is 8. The van der Waals surface area contributed by atoms with Crippen molar-refractivity contribution in [2.45, 2.75) is 38.2 Å². The lowest BCUT2D eigenvalue weighted by Gasteiger charge is -2.31. The van der Waals surface area contributed by atoms with Gasteiger partial charge < -0.3 is 29.1 Å². The highest BCUT2D eigenvalue weighted by Gasteiger charge is 2.35. The van der Waals surface area contributed by atoms with Gasteiger partial charge in [0.2, 0.25) is 0 Å². The SMILES string of the molecule is COCC1COC([C@H]2CC(c3cc(C(=O)NCc4ccc(F)c(OC)c4)nc(C)n3)=NO2)CO1. The fourth-order valence-electron chi connectivity index (χ4n) is 3.72. The van der Waals surface area contributed by atoms with Crippen molar-refractivity contribution in [1.82, 2.24) is 15.3 Å². The lowest BCUT2D eigenvalue weighted by molar-refractivity contribution is -0.181. The zero-order valence-corrected chi connectivity index (χ0v) is 19.2. The van der Waals surface area contributed by atoms with Crippen LogP contribution in [0.3, 0.4) is 0 Å². The first-order chi connectivity index (χ1) is 16.5. The molecule has 1 amide bonds. The fraction of sp³-hybridized carbons (Fsp3) is 0.478. The Hall–Kier alpha value is -3.15. The molecule has 0 radical (unpaired) electrons. The first kappa shape index (κ1) is 24.0. The largest absolute Gasteiger partial charge is 0.494 e. The molecule has 3 heterocycles. The van der Waals surface area contributed by atoms with Crippen LogP contribution in [0.1, 0.15) is 34.0 Å². The first-order valence-electron chi connectivity index (χ1n) is 10.9. The van der Waals surface area contributed by atoms with Crippen LogP contribution in [0.5, 0.6) is 5.75 Å². The third-order valence-corrected chi connectivity index (χ3v) is 5.49. The normalized spacial score (nSPS) is 22.1. The lowest BCUT2D eigenvalue weighted by atomic mass is 10.0. The van der Waals surface area contributed by atoms with Gasteiger partial charge in [-0.05, 0) is 30.7 Å². The van der Waals surface area contributed by atoms with Gasteiger partial charge in [-0.1, -0.05) is 11.2 Å². The van der Waals surface area contributed by atoms with Crippen LogP contribution in [0.25, 0.3) is 0 Å². The molecule has 1 N–H and O–H groups in total. The summed E-state index contributed by atoms with van der Waals surface area (Å²) >= 11 is 0. The summed E-state index contributed by atoms with van der Waals surface area (Å²) in [6, 6.07) is 5.98. The van der Waals surface area contributed by atoms with Crippen LogP contribution >= 0.6 is 0 Å². The number of amides is 1. The summed E-state index contributed by atoms with van der Waals surface area (Å²) in [5.74, 6) is -0.315. The van der Waals surface area contributed by atoms with Gasteiger partial charge in [0.15, 0.2) is 17.7 Å². The molecule has 1 fully saturated rings. The zero-order valence-electron chi connectivity index (χ0n) is 19.2. The predicted octanol–water partition coefficient (Wildman–Crippen LogP) is 1.79. The standard InChI is InChI=1S/C23H27FN4O6/c1-13-26-17(18-8-21(34-28-18)22-12-32-15(10-30-2)11-33-22)7-19(27-13)23(29)25-9-14-4-5-16(24)20(6-14)31-3/h4-7,15,21-22H,8-12H2,1-3H3,(H,25,29)/t15?,21-,22?/m1/s1. The Kier molecular flexibility index (Phi) is 7.66. The Labute approximate surface area is 196 Å². The average Bonchev–Trinajstić information content (AvgIpc) is 3.34. The van der Waals surface area contributed by atoms with E-state index in [9.17, 15) is 9.18 Å². The van der Waals surface area contributed by atoms with Gasteiger partial charge in [0.25, 0.3) is 5.91 Å². The van der Waals surface area contributed by atoms with Crippen LogP contribution in [-0.2, 0) is 25.6 Å². The molecule has 1 saturated heterocycles. The van der Waals surface area contributed by atoms with E-state index in [1.807, 2.05) is 0 Å². The monoisotopic (exact) mass is 474 g/mol. The van der Waals surface area contributed by atoms with Crippen LogP contribution in [0.4, 0.5) is 4.39 Å². The molecule has 182 valence electrons. The molecule has 2 aromatic rings. The molecule has 0 aliphatic carbocycles. The minimum Gasteiger partial charge on any atom is -0.494 e. The van der Waals surface area contributed by atoms with E-state index in [0.717, 1.165) is 0 Å². The number of ether oxygens (including phenoxy) is 4. The fourth-order valence-corrected chi connectivity index (χ4v) is 3.72. The van der Waals surface area contributed by atoms with Gasteiger partial charge in [0, 0.05) is 20.1 Å². The maximum atomic E-state index is 13.6. The molecule has 1 aromatic carbocycles. The van der Waals surface area contributed by atoms with Crippen molar-refractivity contribution >= 4 is 11.6 Å². The van der Waals surface area contributed by atoms with E-state index in [2.05, 4.69) is 20.4 Å². The third kappa shape index (κ3) is 5.66. The first-order valence-corrected chi connectivity index (χ1v) is 10.9. The molecule has 4 rings (SSSR count). The van der Waals surface area contributed by atoms with Gasteiger partial charge in [-0.15, -0.1) is 0 Å². The second-order valence-electron chi connectivity index (χ2n) is 8.01. The van der Waals surface area contributed by atoms with Crippen molar-refractivity contribution in [3.8, 4) is 5.75 Å². The number of hydrogen-bond donors (Lipinski definition) is 1. The quantitative estimate of drug-likeness (QED) is 0.616. The van der Waals surface area contributed by atoms with Crippen molar-refractivity contribution in [2.75, 3.05) is 34.0 Å². The van der Waals surface area contributed by atoms with E-state index in [1.165, 1.54) is 19.2 Å². The zero-order chi connectivity index (χ0) is 24.1. The molecule has 2 unspecified atom stereocenters. The Bertz CT molecular complexity index is 1060. The van der Waals surface area contributed by atoms with E-state index >= 15 is 0 Å². The second kappa shape index (κ2) is 10.9. The molecule has 0 spiro atoms. The number of nitrogens with one attached hydrogen (secondary N) is 1. The smallest absolute Gasteiger partial charge is 0.270 e. The summed E-state index contributed by atoms with van der Waals surface area (Å²) in [7, 11) is 3.01. The van der Waals surface area contributed by atoms with Crippen molar-refractivity contribution in [1.29, 1.82) is 0 Å². The molecule has 10 nitrogen and oxygen atoms in total. The molecular formula is C23H27FN4O6. The molecule has 3 atom stereocenters. The van der Waals surface area contributed by atoms with E-state index in [4.69, 9.17) is 23.8 Å². The Balaban J connectivity index is 1.37. The number of carbonyl (C=O) groups excluding carboxylic acids is 1. The van der Waals surface area contributed by atoms with E-state index in [1.54, 1.807) is 26.2 Å². The molecule has 11 heteroatoms. The summed E-state index contributed by atoms with van der Waals surface area (Å²) < 4.78 is 35.3. The van der Waals surface area contributed by atoms with Crippen LogP contribution in [0.2, 0.25) is 0 Å². The van der Waals surface area contributed by atoms with Crippen molar-refractivity contribution in [2.24, 2.45) is 5.16 Å². The van der Waals surface area contributed by atoms with Crippen LogP contribution in [-0.4, -0.2) is 73.9 Å². The maximum Gasteiger partial charge on any atom is 0.270 e. The summed E-state index contributed by atoms with van der Waals surface area (Å²) in [4.78, 5) is 27.0. The number of aromatic nitrogens is 2. The summed E-state index contributed by atoms with van der Waals surface area (Å²) in [5, 5.41) is 6.95. The number of methoxy groups -OCH3 is 2. The molecule has 1 aromatic heterocycles. The topological polar surface area (TPSA) is 113 Å². The number of benzene rings is 1. The Morgan fingerprint density at radius 1 is 1.18 bits per heavy atom. The number of oxime groups is 1. The van der Waals surface area contributed by atoms with Crippen LogP contribution in [0, 0.1) is 12.7 Å². The molecule has 2 aliphatic heterocycles. The van der Waals surface area contributed by atoms with Gasteiger partial charge in [-0.3, -0.25) is 4.79 Å². The summed E-state index contributed by atoms with van der Waals surface area (Å²) in [5.41, 5.74) is 2.01. The Morgan fingerprint density at radius 2 is 2.03 bits per heavy atom. The van der Waals surface area contributed by atoms with Crippen molar-refractivity contribution in [3.63, 3.8) is 0 Å². The van der Waals surface area contributed by atoms with Crippen molar-refractivity contribution < 1.29 is 33.0 Å². The number of carbonyl (C=O) groups is 1. The van der Waals surface area contributed by atoms with Gasteiger partial charge in [0.05, 0.1) is 32.6 Å². The third-order valence-electron chi connectivity index (χ3n) is 5.49. The molecular weight excluding hydrogens is 447 g/mol. The highest BCUT2D eigenvalue weighted by molar-refractivity contribution is 6.02. The number of hydrogen-bond acceptors (Lipinski definition) is 9. The van der Waals surface area contributed by atoms with Gasteiger partial charge in [0.1, 0.15) is 29.4 Å². The summed E-state index contributed by atoms with van der Waals surface area (Å²) in [6.07, 6.45) is -0.188. The van der Waals surface area contributed by atoms with Crippen LogP contribution < -0.4 is 10.1 Å². The average molecular weight is 474 g/mol. The summed E-state index contributed by atoms with van der Waals surface area (Å²) in [6.45, 7) is 3.16. The van der Waals surface area contributed by atoms with Gasteiger partial charge in [-0.2, -0.15) is 0 Å². The van der Waals surface area contributed by atoms with Crippen molar-refractivity contribution in [3.05, 3.63) is 52.9 Å². The van der Waals surface area contributed by atoms with Crippen LogP contribution in [0.15, 0.2) is 29.4 Å². The highest BCUT2D eigenvalue weighted by Crippen LogP contribution is 2.23. The highest BCUT2D eigenvalue weighted by atomic mass is 19.1. The number of aryl methyl sites for hydroxylation is 1. The van der Waals surface area contributed by atoms with Gasteiger partial charge >= 0.3 is 0 Å². The van der Waals surface area contributed by atoms with E-state index in [0.29, 0.717) is 49.0 Å². The lowest BCUT2D eigenvalue weighted by Crippen LogP contribution is -2.44. The number of nitrogens with zero attached hydrogens (tertiary/aromatic N) is 3. The minimum absolute atomic E-state index is 0.0929. The molecule has 2 aliphatic rings. The molecule has 0 saturated carbocycles. The van der Waals surface area contributed by atoms with E-state index in [-0.39, 0.29) is 42.2 Å². The minimum atomic E-state index is -0.466. The maximum absolute atomic E-state index is 13.6. The van der Waals surface area contributed by atoms with Gasteiger partial charge in [-0.25, -0.2) is 14.4 Å². The molecule has 34 heavy (non-hydrogen) atoms. The van der Waals surface area contributed by atoms with E-state index < -0.39 is 5.82 Å². The predicted molar refractivity (Wildman–Crippen MR) is 118 cm³/mol. The second-order valence-corrected chi connectivity index (χ2v) is 8.01. The number of halogens is 1. The molecule has 0 bridgehead atoms. The Morgan fingerprint density at radius 3 is 2.76 bits per heavy atom.